The average Bonchev–Trinajstić information content (AvgIpc) is 2.99. The topological polar surface area (TPSA) is 128 Å². The first-order valence-corrected chi connectivity index (χ1v) is 16.6. The third-order valence-corrected chi connectivity index (χ3v) is 9.15. The minimum Gasteiger partial charge on any atom is -0.390 e. The van der Waals surface area contributed by atoms with Crippen molar-refractivity contribution in [3.63, 3.8) is 0 Å². The lowest BCUT2D eigenvalue weighted by atomic mass is 9.98. The zero-order chi connectivity index (χ0) is 32.7. The van der Waals surface area contributed by atoms with E-state index in [1.165, 1.54) is 12.1 Å². The third-order valence-electron chi connectivity index (χ3n) is 7.65. The SMILES string of the molecule is CCCN(CCC)C(=O)c1cc(C)cc(C(=O)N[C@@H](Cc2cc(F)cc(F)c2)[C@H](O)CNC2CNS(=O)(=O)c3ccccc32)c1. The number of aliphatic hydroxyl groups excluding tert-OH is 1. The minimum atomic E-state index is -3.66. The summed E-state index contributed by atoms with van der Waals surface area (Å²) in [5.74, 6) is -2.34. The van der Waals surface area contributed by atoms with E-state index < -0.39 is 45.8 Å². The van der Waals surface area contributed by atoms with Crippen LogP contribution in [0.3, 0.4) is 0 Å². The van der Waals surface area contributed by atoms with Crippen LogP contribution in [0, 0.1) is 18.6 Å². The summed E-state index contributed by atoms with van der Waals surface area (Å²) >= 11 is 0. The van der Waals surface area contributed by atoms with Crippen molar-refractivity contribution in [2.75, 3.05) is 26.2 Å². The second-order valence-electron chi connectivity index (χ2n) is 11.4. The molecule has 3 aromatic rings. The largest absolute Gasteiger partial charge is 0.390 e. The van der Waals surface area contributed by atoms with Crippen LogP contribution in [-0.2, 0) is 16.4 Å². The molecule has 0 aliphatic carbocycles. The zero-order valence-corrected chi connectivity index (χ0v) is 26.5. The van der Waals surface area contributed by atoms with Crippen LogP contribution < -0.4 is 15.4 Å². The predicted octanol–water partition coefficient (Wildman–Crippen LogP) is 3.86. The van der Waals surface area contributed by atoms with E-state index in [4.69, 9.17) is 0 Å². The highest BCUT2D eigenvalue weighted by Gasteiger charge is 2.31. The highest BCUT2D eigenvalue weighted by atomic mass is 32.2. The van der Waals surface area contributed by atoms with Crippen LogP contribution in [-0.4, -0.2) is 68.6 Å². The second-order valence-corrected chi connectivity index (χ2v) is 13.1. The van der Waals surface area contributed by atoms with Gasteiger partial charge in [0.25, 0.3) is 11.8 Å². The van der Waals surface area contributed by atoms with E-state index in [0.717, 1.165) is 31.0 Å². The molecule has 0 aromatic heterocycles. The quantitative estimate of drug-likeness (QED) is 0.224. The Hall–Kier alpha value is -3.71. The fraction of sp³-hybridized carbons (Fsp3) is 0.394. The lowest BCUT2D eigenvalue weighted by molar-refractivity contribution is 0.0755. The minimum absolute atomic E-state index is 0.0470. The summed E-state index contributed by atoms with van der Waals surface area (Å²) < 4.78 is 55.5. The van der Waals surface area contributed by atoms with Crippen LogP contribution in [0.2, 0.25) is 0 Å². The first kappa shape index (κ1) is 34.2. The standard InChI is InChI=1S/C33H40F2N4O5S/c1-4-10-39(11-5-2)33(42)24-13-21(3)12-23(17-24)32(41)38-28(16-22-14-25(34)18-26(35)15-22)30(40)20-36-29-19-37-45(43,44)31-9-7-6-8-27(29)31/h6-9,12-15,17-18,28-30,36-37,40H,4-5,10-11,16,19-20H2,1-3H3,(H,38,41)/t28-,29?,30+/m0/s1. The molecular weight excluding hydrogens is 602 g/mol. The molecule has 45 heavy (non-hydrogen) atoms. The van der Waals surface area contributed by atoms with Crippen molar-refractivity contribution in [1.82, 2.24) is 20.3 Å². The van der Waals surface area contributed by atoms with Gasteiger partial charge in [-0.3, -0.25) is 9.59 Å². The van der Waals surface area contributed by atoms with Gasteiger partial charge in [-0.15, -0.1) is 0 Å². The van der Waals surface area contributed by atoms with E-state index in [-0.39, 0.29) is 41.4 Å². The number of sulfonamides is 1. The predicted molar refractivity (Wildman–Crippen MR) is 167 cm³/mol. The molecule has 0 spiro atoms. The molecule has 0 saturated heterocycles. The van der Waals surface area contributed by atoms with Gasteiger partial charge in [-0.25, -0.2) is 21.9 Å². The Morgan fingerprint density at radius 3 is 2.31 bits per heavy atom. The number of carbonyl (C=O) groups is 2. The lowest BCUT2D eigenvalue weighted by Gasteiger charge is -2.30. The van der Waals surface area contributed by atoms with Crippen LogP contribution in [0.15, 0.2) is 65.6 Å². The van der Waals surface area contributed by atoms with Crippen LogP contribution in [0.1, 0.15) is 70.1 Å². The van der Waals surface area contributed by atoms with Crippen molar-refractivity contribution in [2.24, 2.45) is 0 Å². The summed E-state index contributed by atoms with van der Waals surface area (Å²) in [5, 5.41) is 17.3. The Labute approximate surface area is 263 Å². The van der Waals surface area contributed by atoms with Crippen LogP contribution in [0.25, 0.3) is 0 Å². The van der Waals surface area contributed by atoms with Gasteiger partial charge in [-0.05, 0) is 79.3 Å². The first-order valence-electron chi connectivity index (χ1n) is 15.1. The number of hydrogen-bond acceptors (Lipinski definition) is 6. The second kappa shape index (κ2) is 15.0. The van der Waals surface area contributed by atoms with Crippen molar-refractivity contribution < 1.29 is 31.9 Å². The molecule has 1 unspecified atom stereocenters. The van der Waals surface area contributed by atoms with E-state index >= 15 is 0 Å². The number of fused-ring (bicyclic) bond motifs is 1. The average molecular weight is 643 g/mol. The van der Waals surface area contributed by atoms with Gasteiger partial charge < -0.3 is 20.6 Å². The molecule has 2 amide bonds. The highest BCUT2D eigenvalue weighted by Crippen LogP contribution is 2.26. The monoisotopic (exact) mass is 642 g/mol. The van der Waals surface area contributed by atoms with E-state index in [1.54, 1.807) is 42.2 Å². The molecule has 1 heterocycles. The van der Waals surface area contributed by atoms with E-state index in [9.17, 15) is 31.9 Å². The number of aliphatic hydroxyl groups is 1. The summed E-state index contributed by atoms with van der Waals surface area (Å²) in [6.07, 6.45) is 0.228. The van der Waals surface area contributed by atoms with Gasteiger partial charge in [0.1, 0.15) is 11.6 Å². The number of carbonyl (C=O) groups excluding carboxylic acids is 2. The molecule has 0 saturated carbocycles. The highest BCUT2D eigenvalue weighted by molar-refractivity contribution is 7.89. The molecule has 9 nitrogen and oxygen atoms in total. The smallest absolute Gasteiger partial charge is 0.253 e. The number of amides is 2. The van der Waals surface area contributed by atoms with Crippen LogP contribution in [0.5, 0.6) is 0 Å². The number of benzene rings is 3. The van der Waals surface area contributed by atoms with Crippen molar-refractivity contribution in [1.29, 1.82) is 0 Å². The summed E-state index contributed by atoms with van der Waals surface area (Å²) in [5.41, 5.74) is 2.03. The maximum absolute atomic E-state index is 14.0. The number of hydrogen-bond donors (Lipinski definition) is 4. The fourth-order valence-corrected chi connectivity index (χ4v) is 6.89. The lowest BCUT2D eigenvalue weighted by Crippen LogP contribution is -2.50. The maximum Gasteiger partial charge on any atom is 0.253 e. The molecule has 3 atom stereocenters. The van der Waals surface area contributed by atoms with Gasteiger partial charge in [0.2, 0.25) is 10.0 Å². The molecule has 0 bridgehead atoms. The number of nitrogens with one attached hydrogen (secondary N) is 3. The van der Waals surface area contributed by atoms with Gasteiger partial charge in [-0.1, -0.05) is 32.0 Å². The third kappa shape index (κ3) is 8.72. The van der Waals surface area contributed by atoms with Gasteiger partial charge in [0.15, 0.2) is 0 Å². The summed E-state index contributed by atoms with van der Waals surface area (Å²) in [6.45, 7) is 6.89. The molecule has 1 aliphatic rings. The van der Waals surface area contributed by atoms with E-state index in [2.05, 4.69) is 15.4 Å². The molecule has 0 fully saturated rings. The maximum atomic E-state index is 14.0. The fourth-order valence-electron chi connectivity index (χ4n) is 5.57. The molecule has 4 N–H and O–H groups in total. The van der Waals surface area contributed by atoms with Crippen molar-refractivity contribution in [3.05, 3.63) is 100 Å². The van der Waals surface area contributed by atoms with E-state index in [0.29, 0.717) is 29.8 Å². The van der Waals surface area contributed by atoms with Gasteiger partial charge in [0, 0.05) is 49.4 Å². The number of nitrogens with zero attached hydrogens (tertiary/aromatic N) is 1. The molecule has 242 valence electrons. The van der Waals surface area contributed by atoms with Gasteiger partial charge in [-0.2, -0.15) is 0 Å². The summed E-state index contributed by atoms with van der Waals surface area (Å²) in [7, 11) is -3.66. The van der Waals surface area contributed by atoms with Crippen LogP contribution in [0.4, 0.5) is 8.78 Å². The Kier molecular flexibility index (Phi) is 11.4. The molecule has 1 aliphatic heterocycles. The Morgan fingerprint density at radius 2 is 1.64 bits per heavy atom. The molecule has 4 rings (SSSR count). The number of rotatable bonds is 13. The Balaban J connectivity index is 1.57. The van der Waals surface area contributed by atoms with Gasteiger partial charge in [0.05, 0.1) is 17.0 Å². The molecule has 0 radical (unpaired) electrons. The zero-order valence-electron chi connectivity index (χ0n) is 25.6. The molecular formula is C33H40F2N4O5S. The summed E-state index contributed by atoms with van der Waals surface area (Å²) in [6, 6.07) is 12.9. The Morgan fingerprint density at radius 1 is 1.00 bits per heavy atom. The van der Waals surface area contributed by atoms with Crippen LogP contribution >= 0.6 is 0 Å². The normalized spacial score (nSPS) is 16.8. The Bertz CT molecular complexity index is 1610. The van der Waals surface area contributed by atoms with Crippen molar-refractivity contribution in [2.45, 2.75) is 63.1 Å². The van der Waals surface area contributed by atoms with E-state index in [1.807, 2.05) is 13.8 Å². The number of aryl methyl sites for hydroxylation is 1. The molecule has 12 heteroatoms. The van der Waals surface area contributed by atoms with Gasteiger partial charge >= 0.3 is 0 Å². The molecule has 3 aromatic carbocycles. The first-order chi connectivity index (χ1) is 21.4. The summed E-state index contributed by atoms with van der Waals surface area (Å²) in [4.78, 5) is 28.7. The number of halogens is 2. The van der Waals surface area contributed by atoms with Crippen molar-refractivity contribution in [3.8, 4) is 0 Å². The van der Waals surface area contributed by atoms with Crippen molar-refractivity contribution >= 4 is 21.8 Å².